The summed E-state index contributed by atoms with van der Waals surface area (Å²) >= 11 is 0. The van der Waals surface area contributed by atoms with Crippen LogP contribution in [0.2, 0.25) is 0 Å². The summed E-state index contributed by atoms with van der Waals surface area (Å²) in [5, 5.41) is 3.75. The molecule has 1 heteroatoms. The van der Waals surface area contributed by atoms with E-state index in [1.807, 2.05) is 0 Å². The Bertz CT molecular complexity index is 418. The molecule has 0 saturated heterocycles. The standard InChI is InChI=1S/C16H23N/c1-10(2)13-6-7-14-11(3)9-17-16(12-4-5-12)15(14)8-13/h6-8,10-12,16-17H,4-5,9H2,1-3H3. The summed E-state index contributed by atoms with van der Waals surface area (Å²) in [4.78, 5) is 0. The van der Waals surface area contributed by atoms with Crippen LogP contribution in [0.1, 0.15) is 68.2 Å². The van der Waals surface area contributed by atoms with Gasteiger partial charge in [0.2, 0.25) is 0 Å². The Morgan fingerprint density at radius 3 is 2.59 bits per heavy atom. The molecule has 1 nitrogen and oxygen atoms in total. The predicted octanol–water partition coefficient (Wildman–Crippen LogP) is 3.97. The molecule has 1 aromatic rings. The van der Waals surface area contributed by atoms with Crippen LogP contribution in [0.15, 0.2) is 18.2 Å². The van der Waals surface area contributed by atoms with Crippen molar-refractivity contribution in [1.82, 2.24) is 5.32 Å². The molecule has 2 unspecified atom stereocenters. The van der Waals surface area contributed by atoms with Gasteiger partial charge in [-0.1, -0.05) is 39.0 Å². The lowest BCUT2D eigenvalue weighted by atomic mass is 9.83. The number of fused-ring (bicyclic) bond motifs is 1. The minimum Gasteiger partial charge on any atom is -0.309 e. The molecule has 0 aromatic heterocycles. The fourth-order valence-corrected chi connectivity index (χ4v) is 3.04. The molecule has 1 heterocycles. The van der Waals surface area contributed by atoms with Gasteiger partial charge in [-0.25, -0.2) is 0 Å². The second-order valence-corrected chi connectivity index (χ2v) is 6.17. The summed E-state index contributed by atoms with van der Waals surface area (Å²) in [5.74, 6) is 2.21. The normalized spacial score (nSPS) is 28.2. The summed E-state index contributed by atoms with van der Waals surface area (Å²) in [6.45, 7) is 8.06. The van der Waals surface area contributed by atoms with Crippen molar-refractivity contribution in [2.75, 3.05) is 6.54 Å². The lowest BCUT2D eigenvalue weighted by molar-refractivity contribution is 0.428. The van der Waals surface area contributed by atoms with Crippen LogP contribution >= 0.6 is 0 Å². The molecule has 0 amide bonds. The quantitative estimate of drug-likeness (QED) is 0.809. The van der Waals surface area contributed by atoms with Gasteiger partial charge in [-0.05, 0) is 47.3 Å². The lowest BCUT2D eigenvalue weighted by Crippen LogP contribution is -2.33. The molecule has 2 atom stereocenters. The van der Waals surface area contributed by atoms with E-state index in [1.165, 1.54) is 18.4 Å². The first-order valence-corrected chi connectivity index (χ1v) is 7.04. The van der Waals surface area contributed by atoms with Crippen molar-refractivity contribution >= 4 is 0 Å². The van der Waals surface area contributed by atoms with Crippen LogP contribution in [0.25, 0.3) is 0 Å². The topological polar surface area (TPSA) is 12.0 Å². The van der Waals surface area contributed by atoms with Crippen LogP contribution < -0.4 is 5.32 Å². The number of rotatable bonds is 2. The lowest BCUT2D eigenvalue weighted by Gasteiger charge is -2.32. The van der Waals surface area contributed by atoms with Gasteiger partial charge in [0.25, 0.3) is 0 Å². The molecule has 1 fully saturated rings. The molecule has 92 valence electrons. The highest BCUT2D eigenvalue weighted by Crippen LogP contribution is 2.45. The van der Waals surface area contributed by atoms with E-state index in [9.17, 15) is 0 Å². The second kappa shape index (κ2) is 4.13. The minimum absolute atomic E-state index is 0.636. The van der Waals surface area contributed by atoms with Crippen molar-refractivity contribution in [2.24, 2.45) is 5.92 Å². The van der Waals surface area contributed by atoms with E-state index in [4.69, 9.17) is 0 Å². The van der Waals surface area contributed by atoms with Crippen molar-refractivity contribution in [2.45, 2.75) is 51.5 Å². The zero-order chi connectivity index (χ0) is 12.0. The maximum absolute atomic E-state index is 3.75. The molecule has 2 aliphatic rings. The van der Waals surface area contributed by atoms with Crippen molar-refractivity contribution in [3.63, 3.8) is 0 Å². The molecule has 1 aliphatic carbocycles. The molecule has 1 saturated carbocycles. The van der Waals surface area contributed by atoms with Gasteiger partial charge in [-0.15, -0.1) is 0 Å². The van der Waals surface area contributed by atoms with Crippen LogP contribution in [0.5, 0.6) is 0 Å². The zero-order valence-electron chi connectivity index (χ0n) is 11.2. The Morgan fingerprint density at radius 1 is 1.18 bits per heavy atom. The molecule has 0 radical (unpaired) electrons. The van der Waals surface area contributed by atoms with Gasteiger partial charge < -0.3 is 5.32 Å². The van der Waals surface area contributed by atoms with E-state index in [2.05, 4.69) is 44.3 Å². The van der Waals surface area contributed by atoms with Gasteiger partial charge in [0.1, 0.15) is 0 Å². The molecule has 17 heavy (non-hydrogen) atoms. The van der Waals surface area contributed by atoms with E-state index in [0.717, 1.165) is 12.5 Å². The third-order valence-corrected chi connectivity index (χ3v) is 4.38. The maximum Gasteiger partial charge on any atom is 0.0351 e. The Labute approximate surface area is 105 Å². The molecule has 0 spiro atoms. The highest BCUT2D eigenvalue weighted by molar-refractivity contribution is 5.40. The van der Waals surface area contributed by atoms with E-state index in [-0.39, 0.29) is 0 Å². The van der Waals surface area contributed by atoms with E-state index >= 15 is 0 Å². The van der Waals surface area contributed by atoms with Crippen LogP contribution in [-0.2, 0) is 0 Å². The van der Waals surface area contributed by atoms with Crippen LogP contribution in [-0.4, -0.2) is 6.54 Å². The Balaban J connectivity index is 2.02. The SMILES string of the molecule is CC(C)c1ccc2c(c1)C(C1CC1)NCC2C. The summed E-state index contributed by atoms with van der Waals surface area (Å²) < 4.78 is 0. The predicted molar refractivity (Wildman–Crippen MR) is 72.4 cm³/mol. The number of hydrogen-bond donors (Lipinski definition) is 1. The van der Waals surface area contributed by atoms with Crippen molar-refractivity contribution < 1.29 is 0 Å². The summed E-state index contributed by atoms with van der Waals surface area (Å²) in [5.41, 5.74) is 4.67. The molecular formula is C16H23N. The van der Waals surface area contributed by atoms with E-state index < -0.39 is 0 Å². The third kappa shape index (κ3) is 2.01. The highest BCUT2D eigenvalue weighted by Gasteiger charge is 2.36. The highest BCUT2D eigenvalue weighted by atomic mass is 14.9. The molecule has 1 N–H and O–H groups in total. The number of hydrogen-bond acceptors (Lipinski definition) is 1. The van der Waals surface area contributed by atoms with Crippen LogP contribution in [0.3, 0.4) is 0 Å². The molecule has 1 aromatic carbocycles. The minimum atomic E-state index is 0.636. The average Bonchev–Trinajstić information content (AvgIpc) is 3.13. The Hall–Kier alpha value is -0.820. The smallest absolute Gasteiger partial charge is 0.0351 e. The first-order valence-electron chi connectivity index (χ1n) is 7.04. The zero-order valence-corrected chi connectivity index (χ0v) is 11.2. The van der Waals surface area contributed by atoms with Crippen LogP contribution in [0.4, 0.5) is 0 Å². The Kier molecular flexibility index (Phi) is 2.74. The fourth-order valence-electron chi connectivity index (χ4n) is 3.04. The molecule has 0 bridgehead atoms. The van der Waals surface area contributed by atoms with Gasteiger partial charge in [0.15, 0.2) is 0 Å². The van der Waals surface area contributed by atoms with Gasteiger partial charge >= 0.3 is 0 Å². The fraction of sp³-hybridized carbons (Fsp3) is 0.625. The van der Waals surface area contributed by atoms with Gasteiger partial charge in [0.05, 0.1) is 0 Å². The summed E-state index contributed by atoms with van der Waals surface area (Å²) in [6, 6.07) is 7.81. The largest absolute Gasteiger partial charge is 0.309 e. The van der Waals surface area contributed by atoms with Gasteiger partial charge in [-0.2, -0.15) is 0 Å². The summed E-state index contributed by atoms with van der Waals surface area (Å²) in [7, 11) is 0. The van der Waals surface area contributed by atoms with Crippen molar-refractivity contribution in [3.05, 3.63) is 34.9 Å². The van der Waals surface area contributed by atoms with E-state index in [1.54, 1.807) is 11.1 Å². The molecular weight excluding hydrogens is 206 g/mol. The van der Waals surface area contributed by atoms with Gasteiger partial charge in [-0.3, -0.25) is 0 Å². The monoisotopic (exact) mass is 229 g/mol. The number of benzene rings is 1. The Morgan fingerprint density at radius 2 is 1.94 bits per heavy atom. The van der Waals surface area contributed by atoms with Crippen LogP contribution in [0, 0.1) is 5.92 Å². The summed E-state index contributed by atoms with van der Waals surface area (Å²) in [6.07, 6.45) is 2.83. The third-order valence-electron chi connectivity index (χ3n) is 4.38. The molecule has 3 rings (SSSR count). The van der Waals surface area contributed by atoms with Gasteiger partial charge in [0, 0.05) is 12.6 Å². The first kappa shape index (κ1) is 11.3. The van der Waals surface area contributed by atoms with Crippen molar-refractivity contribution in [3.8, 4) is 0 Å². The maximum atomic E-state index is 3.75. The molecule has 1 aliphatic heterocycles. The first-order chi connectivity index (χ1) is 8.16. The van der Waals surface area contributed by atoms with E-state index in [0.29, 0.717) is 17.9 Å². The second-order valence-electron chi connectivity index (χ2n) is 6.17. The average molecular weight is 229 g/mol. The number of nitrogens with one attached hydrogen (secondary N) is 1. The van der Waals surface area contributed by atoms with Crippen molar-refractivity contribution in [1.29, 1.82) is 0 Å².